The number of rotatable bonds is 2. The van der Waals surface area contributed by atoms with Crippen LogP contribution in [0.4, 0.5) is 0 Å². The van der Waals surface area contributed by atoms with Crippen LogP contribution in [0.15, 0.2) is 144 Å². The average Bonchev–Trinajstić information content (AvgIpc) is 3.73. The number of imidazole rings is 1. The first kappa shape index (κ1) is 24.5. The van der Waals surface area contributed by atoms with Gasteiger partial charge in [-0.25, -0.2) is 0 Å². The summed E-state index contributed by atoms with van der Waals surface area (Å²) in [6.45, 7) is -4.34. The van der Waals surface area contributed by atoms with Crippen molar-refractivity contribution in [1.29, 1.82) is 0 Å². The van der Waals surface area contributed by atoms with Gasteiger partial charge in [0.15, 0.2) is 0 Å². The summed E-state index contributed by atoms with van der Waals surface area (Å²) < 4.78 is 52.3. The van der Waals surface area contributed by atoms with Gasteiger partial charge in [-0.2, -0.15) is 0 Å². The first-order valence-electron chi connectivity index (χ1n) is 18.6. The molecule has 1 aliphatic heterocycles. The second-order valence-corrected chi connectivity index (χ2v) is 11.6. The zero-order valence-corrected chi connectivity index (χ0v) is 28.3. The molecule has 10 rings (SSSR count). The Balaban J connectivity index is 0.000000176. The Kier molecular flexibility index (Phi) is 6.23. The smallest absolute Gasteiger partial charge is 0.120 e. The molecule has 9 aromatic rings. The number of fused-ring (bicyclic) bond motifs is 8. The van der Waals surface area contributed by atoms with Crippen molar-refractivity contribution >= 4 is 33.0 Å². The summed E-state index contributed by atoms with van der Waals surface area (Å²) in [5.74, 6) is 0.840. The quantitative estimate of drug-likeness (QED) is 0.163. The summed E-state index contributed by atoms with van der Waals surface area (Å²) in [4.78, 5) is 9.24. The van der Waals surface area contributed by atoms with Crippen molar-refractivity contribution < 1.29 is 32.7 Å². The Morgan fingerprint density at radius 2 is 1.43 bits per heavy atom. The standard InChI is InChI=1S/C31H17N2O.C13H12N.Ir/c1-2-10-20-19(9-1)21-11-3-5-17-27(21)33-29-23(20)13-8-16-26(29)32-31(33)25-15-7-14-24-22-12-4-6-18-28(22)34-30(24)25;1-10-3-6-12(7-4-10)13-8-5-11(2)9-14-13;/h1-14,16-18H;3-6,8-9H,1-2H3;/q2*-1;/i;1D3,2D3;. The second kappa shape index (κ2) is 12.4. The van der Waals surface area contributed by atoms with E-state index < -0.39 is 13.7 Å². The van der Waals surface area contributed by atoms with Crippen LogP contribution >= 0.6 is 0 Å². The Labute approximate surface area is 306 Å². The molecule has 0 fully saturated rings. The van der Waals surface area contributed by atoms with Crippen molar-refractivity contribution in [2.45, 2.75) is 13.7 Å². The van der Waals surface area contributed by atoms with E-state index in [-0.39, 0.29) is 31.2 Å². The zero-order chi connectivity index (χ0) is 37.2. The van der Waals surface area contributed by atoms with Crippen LogP contribution in [0.1, 0.15) is 19.4 Å². The Morgan fingerprint density at radius 1 is 0.673 bits per heavy atom. The van der Waals surface area contributed by atoms with Crippen molar-refractivity contribution in [3.05, 3.63) is 163 Å². The van der Waals surface area contributed by atoms with Gasteiger partial charge in [0, 0.05) is 56.7 Å². The summed E-state index contributed by atoms with van der Waals surface area (Å²) in [6, 6.07) is 49.7. The van der Waals surface area contributed by atoms with Crippen LogP contribution in [-0.2, 0) is 20.1 Å². The fourth-order valence-electron chi connectivity index (χ4n) is 6.59. The number of aromatic nitrogens is 3. The molecule has 0 N–H and O–H groups in total. The molecule has 0 unspecified atom stereocenters. The molecule has 6 aromatic carbocycles. The van der Waals surface area contributed by atoms with Crippen molar-refractivity contribution in [1.82, 2.24) is 14.5 Å². The predicted octanol–water partition coefficient (Wildman–Crippen LogP) is 11.2. The molecule has 49 heavy (non-hydrogen) atoms. The molecule has 1 radical (unpaired) electrons. The summed E-state index contributed by atoms with van der Waals surface area (Å²) in [7, 11) is 0. The monoisotopic (exact) mass is 814 g/mol. The first-order valence-corrected chi connectivity index (χ1v) is 15.6. The van der Waals surface area contributed by atoms with Gasteiger partial charge in [-0.15, -0.1) is 53.6 Å². The van der Waals surface area contributed by atoms with Crippen LogP contribution < -0.4 is 0 Å². The van der Waals surface area contributed by atoms with Crippen molar-refractivity contribution in [2.75, 3.05) is 0 Å². The van der Waals surface area contributed by atoms with Crippen LogP contribution in [0.25, 0.3) is 83.6 Å². The molecule has 0 saturated heterocycles. The maximum Gasteiger partial charge on any atom is 0.120 e. The maximum absolute atomic E-state index is 7.28. The summed E-state index contributed by atoms with van der Waals surface area (Å²) in [6.07, 6.45) is 1.30. The molecule has 0 saturated carbocycles. The third-order valence-electron chi connectivity index (χ3n) is 8.74. The van der Waals surface area contributed by atoms with E-state index >= 15 is 0 Å². The molecule has 0 bridgehead atoms. The van der Waals surface area contributed by atoms with Crippen molar-refractivity contribution in [3.8, 4) is 50.6 Å². The van der Waals surface area contributed by atoms with Crippen molar-refractivity contribution in [2.24, 2.45) is 0 Å². The van der Waals surface area contributed by atoms with Gasteiger partial charge in [0.2, 0.25) is 0 Å². The molecule has 0 aliphatic carbocycles. The largest absolute Gasteiger partial charge is 0.501 e. The van der Waals surface area contributed by atoms with Gasteiger partial charge < -0.3 is 14.0 Å². The number of aryl methyl sites for hydroxylation is 2. The summed E-state index contributed by atoms with van der Waals surface area (Å²) in [5, 5.41) is 2.18. The average molecular weight is 814 g/mol. The third kappa shape index (κ3) is 5.19. The molecule has 4 heterocycles. The van der Waals surface area contributed by atoms with E-state index in [2.05, 4.69) is 101 Å². The van der Waals surface area contributed by atoms with Crippen LogP contribution in [0.5, 0.6) is 0 Å². The normalized spacial score (nSPS) is 13.6. The minimum absolute atomic E-state index is 0. The van der Waals surface area contributed by atoms with Gasteiger partial charge >= 0.3 is 0 Å². The fraction of sp³-hybridized carbons (Fsp3) is 0.0455. The minimum Gasteiger partial charge on any atom is -0.501 e. The van der Waals surface area contributed by atoms with Crippen molar-refractivity contribution in [3.63, 3.8) is 0 Å². The topological polar surface area (TPSA) is 43.9 Å². The van der Waals surface area contributed by atoms with Gasteiger partial charge in [0.25, 0.3) is 0 Å². The Morgan fingerprint density at radius 3 is 2.22 bits per heavy atom. The van der Waals surface area contributed by atoms with Gasteiger partial charge in [-0.1, -0.05) is 103 Å². The SMILES string of the molecule is [2H]C([2H])([2H])c1c[c-]c(-c2ccc(C([2H])([2H])[2H])cn2)cc1.[Ir].[c-]1ccc2c(oc3ccccc32)c1-c1nc2cccc3c2n1-c1ccccc1-c1ccccc1-3. The number of benzene rings is 6. The van der Waals surface area contributed by atoms with Crippen LogP contribution in [0, 0.1) is 25.8 Å². The molecule has 5 heteroatoms. The maximum atomic E-state index is 7.28. The fourth-order valence-corrected chi connectivity index (χ4v) is 6.59. The van der Waals surface area contributed by atoms with E-state index in [0.717, 1.165) is 50.0 Å². The van der Waals surface area contributed by atoms with Gasteiger partial charge in [0.05, 0.1) is 22.4 Å². The summed E-state index contributed by atoms with van der Waals surface area (Å²) >= 11 is 0. The van der Waals surface area contributed by atoms with Gasteiger partial charge in [-0.05, 0) is 47.4 Å². The third-order valence-corrected chi connectivity index (χ3v) is 8.74. The molecular weight excluding hydrogens is 779 g/mol. The predicted molar refractivity (Wildman–Crippen MR) is 195 cm³/mol. The number of pyridine rings is 1. The molecule has 4 nitrogen and oxygen atoms in total. The number of para-hydroxylation sites is 3. The molecular formula is C44H29IrN3O-2. The molecule has 0 amide bonds. The van der Waals surface area contributed by atoms with Crippen LogP contribution in [0.2, 0.25) is 0 Å². The molecule has 1 aliphatic rings. The molecule has 237 valence electrons. The first-order chi connectivity index (χ1) is 26.1. The second-order valence-electron chi connectivity index (χ2n) is 11.6. The van der Waals surface area contributed by atoms with Gasteiger partial charge in [0.1, 0.15) is 5.58 Å². The van der Waals surface area contributed by atoms with E-state index in [1.807, 2.05) is 24.3 Å². The van der Waals surface area contributed by atoms with E-state index in [9.17, 15) is 0 Å². The van der Waals surface area contributed by atoms with Crippen LogP contribution in [0.3, 0.4) is 0 Å². The molecule has 3 aromatic heterocycles. The van der Waals surface area contributed by atoms with Gasteiger partial charge in [-0.3, -0.25) is 4.98 Å². The number of hydrogen-bond acceptors (Lipinski definition) is 3. The molecule has 0 atom stereocenters. The number of nitrogens with zero attached hydrogens (tertiary/aromatic N) is 3. The number of hydrogen-bond donors (Lipinski definition) is 0. The minimum atomic E-state index is -2.18. The van der Waals surface area contributed by atoms with E-state index in [4.69, 9.17) is 17.6 Å². The Bertz CT molecular complexity index is 2800. The molecule has 0 spiro atoms. The Hall–Kier alpha value is -5.61. The zero-order valence-electron chi connectivity index (χ0n) is 31.9. The van der Waals surface area contributed by atoms with Crippen LogP contribution in [-0.4, -0.2) is 14.5 Å². The van der Waals surface area contributed by atoms with E-state index in [0.29, 0.717) is 11.3 Å². The van der Waals surface area contributed by atoms with E-state index in [1.54, 1.807) is 12.1 Å². The van der Waals surface area contributed by atoms with E-state index in [1.165, 1.54) is 46.6 Å². The number of furan rings is 1. The summed E-state index contributed by atoms with van der Waals surface area (Å²) in [5.41, 5.74) is 12.1.